The van der Waals surface area contributed by atoms with Gasteiger partial charge in [-0.2, -0.15) is 0 Å². The van der Waals surface area contributed by atoms with E-state index >= 15 is 0 Å². The van der Waals surface area contributed by atoms with E-state index in [0.717, 1.165) is 19.4 Å². The topological polar surface area (TPSA) is 12.0 Å². The van der Waals surface area contributed by atoms with Crippen molar-refractivity contribution in [2.75, 3.05) is 6.54 Å². The fourth-order valence-corrected chi connectivity index (χ4v) is 3.18. The molecular weight excluding hydrogens is 232 g/mol. The van der Waals surface area contributed by atoms with Crippen LogP contribution in [-0.4, -0.2) is 12.6 Å². The first-order valence-corrected chi connectivity index (χ1v) is 6.71. The molecule has 1 aliphatic carbocycles. The highest BCUT2D eigenvalue weighted by molar-refractivity contribution is 5.30. The van der Waals surface area contributed by atoms with E-state index in [9.17, 15) is 8.78 Å². The summed E-state index contributed by atoms with van der Waals surface area (Å²) in [5.41, 5.74) is 0.554. The number of rotatable bonds is 4. The maximum atomic E-state index is 13.8. The van der Waals surface area contributed by atoms with Crippen LogP contribution >= 0.6 is 0 Å². The zero-order valence-electron chi connectivity index (χ0n) is 11.3. The molecule has 1 fully saturated rings. The lowest BCUT2D eigenvalue weighted by Gasteiger charge is -2.55. The van der Waals surface area contributed by atoms with Gasteiger partial charge in [-0.3, -0.25) is 0 Å². The fraction of sp³-hybridized carbons (Fsp3) is 0.600. The van der Waals surface area contributed by atoms with E-state index in [1.807, 2.05) is 0 Å². The number of hydrogen-bond donors (Lipinski definition) is 1. The summed E-state index contributed by atoms with van der Waals surface area (Å²) in [5, 5.41) is 3.44. The van der Waals surface area contributed by atoms with Crippen molar-refractivity contribution in [3.8, 4) is 0 Å². The van der Waals surface area contributed by atoms with E-state index in [2.05, 4.69) is 26.1 Å². The highest BCUT2D eigenvalue weighted by Crippen LogP contribution is 2.55. The maximum Gasteiger partial charge on any atom is 0.126 e. The maximum absolute atomic E-state index is 13.8. The molecule has 18 heavy (non-hydrogen) atoms. The molecule has 0 heterocycles. The van der Waals surface area contributed by atoms with Crippen LogP contribution in [0.5, 0.6) is 0 Å². The average Bonchev–Trinajstić information content (AvgIpc) is 2.36. The molecule has 3 unspecified atom stereocenters. The molecule has 0 bridgehead atoms. The smallest absolute Gasteiger partial charge is 0.126 e. The second-order valence-electron chi connectivity index (χ2n) is 5.42. The quantitative estimate of drug-likeness (QED) is 0.859. The van der Waals surface area contributed by atoms with Gasteiger partial charge >= 0.3 is 0 Å². The van der Waals surface area contributed by atoms with E-state index in [4.69, 9.17) is 0 Å². The highest BCUT2D eigenvalue weighted by atomic mass is 19.1. The third-order valence-corrected chi connectivity index (χ3v) is 4.61. The molecule has 1 N–H and O–H groups in total. The van der Waals surface area contributed by atoms with Crippen molar-refractivity contribution in [3.63, 3.8) is 0 Å². The van der Waals surface area contributed by atoms with E-state index < -0.39 is 0 Å². The van der Waals surface area contributed by atoms with E-state index in [-0.39, 0.29) is 23.0 Å². The Labute approximate surface area is 108 Å². The van der Waals surface area contributed by atoms with Crippen LogP contribution in [0.15, 0.2) is 18.2 Å². The van der Waals surface area contributed by atoms with Crippen LogP contribution in [0.4, 0.5) is 8.78 Å². The van der Waals surface area contributed by atoms with Crippen LogP contribution in [-0.2, 0) is 0 Å². The predicted octanol–water partition coefficient (Wildman–Crippen LogP) is 3.85. The fourth-order valence-electron chi connectivity index (χ4n) is 3.18. The standard InChI is InChI=1S/C15H21F2N/c1-4-15(3)12(9-14(15)18-5-2)11-8-10(16)6-7-13(11)17/h6-8,12,14,18H,4-5,9H2,1-3H3. The summed E-state index contributed by atoms with van der Waals surface area (Å²) in [5.74, 6) is -0.518. The Morgan fingerprint density at radius 1 is 1.33 bits per heavy atom. The molecule has 1 saturated carbocycles. The molecule has 0 amide bonds. The monoisotopic (exact) mass is 253 g/mol. The molecule has 1 aromatic rings. The molecule has 1 aliphatic rings. The van der Waals surface area contributed by atoms with Gasteiger partial charge < -0.3 is 5.32 Å². The van der Waals surface area contributed by atoms with Crippen LogP contribution in [0.1, 0.15) is 45.1 Å². The Kier molecular flexibility index (Phi) is 3.71. The van der Waals surface area contributed by atoms with Gasteiger partial charge in [0.25, 0.3) is 0 Å². The first-order chi connectivity index (χ1) is 8.52. The second-order valence-corrected chi connectivity index (χ2v) is 5.42. The number of halogens is 2. The minimum atomic E-state index is -0.350. The average molecular weight is 253 g/mol. The molecule has 3 atom stereocenters. The van der Waals surface area contributed by atoms with Crippen LogP contribution < -0.4 is 5.32 Å². The summed E-state index contributed by atoms with van der Waals surface area (Å²) < 4.78 is 27.1. The predicted molar refractivity (Wildman–Crippen MR) is 69.6 cm³/mol. The first-order valence-electron chi connectivity index (χ1n) is 6.71. The van der Waals surface area contributed by atoms with Gasteiger partial charge in [0, 0.05) is 6.04 Å². The van der Waals surface area contributed by atoms with Crippen molar-refractivity contribution in [3.05, 3.63) is 35.4 Å². The van der Waals surface area contributed by atoms with E-state index in [1.54, 1.807) is 0 Å². The van der Waals surface area contributed by atoms with Crippen LogP contribution in [0.3, 0.4) is 0 Å². The van der Waals surface area contributed by atoms with Gasteiger partial charge in [-0.25, -0.2) is 8.78 Å². The van der Waals surface area contributed by atoms with Crippen molar-refractivity contribution >= 4 is 0 Å². The third kappa shape index (κ3) is 2.05. The summed E-state index contributed by atoms with van der Waals surface area (Å²) in [6.07, 6.45) is 1.85. The summed E-state index contributed by atoms with van der Waals surface area (Å²) in [7, 11) is 0. The van der Waals surface area contributed by atoms with E-state index in [1.165, 1.54) is 18.2 Å². The van der Waals surface area contributed by atoms with Crippen molar-refractivity contribution < 1.29 is 8.78 Å². The van der Waals surface area contributed by atoms with Crippen LogP contribution in [0, 0.1) is 17.0 Å². The molecule has 1 aromatic carbocycles. The Morgan fingerprint density at radius 3 is 2.67 bits per heavy atom. The third-order valence-electron chi connectivity index (χ3n) is 4.61. The zero-order valence-corrected chi connectivity index (χ0v) is 11.3. The van der Waals surface area contributed by atoms with Gasteiger partial charge in [0.05, 0.1) is 0 Å². The van der Waals surface area contributed by atoms with Crippen molar-refractivity contribution in [1.82, 2.24) is 5.32 Å². The van der Waals surface area contributed by atoms with Crippen LogP contribution in [0.25, 0.3) is 0 Å². The summed E-state index contributed by atoms with van der Waals surface area (Å²) >= 11 is 0. The second kappa shape index (κ2) is 4.96. The summed E-state index contributed by atoms with van der Waals surface area (Å²) in [6, 6.07) is 4.18. The van der Waals surface area contributed by atoms with E-state index in [0.29, 0.717) is 11.6 Å². The Balaban J connectivity index is 2.27. The largest absolute Gasteiger partial charge is 0.314 e. The molecule has 0 radical (unpaired) electrons. The van der Waals surface area contributed by atoms with Gasteiger partial charge in [-0.15, -0.1) is 0 Å². The van der Waals surface area contributed by atoms with Gasteiger partial charge in [0.15, 0.2) is 0 Å². The SMILES string of the molecule is CCNC1CC(c2cc(F)ccc2F)C1(C)CC. The molecular formula is C15H21F2N. The molecule has 100 valence electrons. The number of benzene rings is 1. The number of nitrogens with one attached hydrogen (secondary N) is 1. The highest BCUT2D eigenvalue weighted by Gasteiger charge is 2.51. The van der Waals surface area contributed by atoms with Crippen molar-refractivity contribution in [1.29, 1.82) is 0 Å². The van der Waals surface area contributed by atoms with Gasteiger partial charge in [0.1, 0.15) is 11.6 Å². The van der Waals surface area contributed by atoms with Gasteiger partial charge in [-0.05, 0) is 54.5 Å². The first kappa shape index (κ1) is 13.5. The summed E-state index contributed by atoms with van der Waals surface area (Å²) in [4.78, 5) is 0. The Morgan fingerprint density at radius 2 is 2.06 bits per heavy atom. The molecule has 2 rings (SSSR count). The van der Waals surface area contributed by atoms with Crippen molar-refractivity contribution in [2.24, 2.45) is 5.41 Å². The van der Waals surface area contributed by atoms with Crippen LogP contribution in [0.2, 0.25) is 0 Å². The zero-order chi connectivity index (χ0) is 13.3. The molecule has 3 heteroatoms. The lowest BCUT2D eigenvalue weighted by Crippen LogP contribution is -2.56. The summed E-state index contributed by atoms with van der Waals surface area (Å²) in [6.45, 7) is 7.28. The molecule has 0 saturated heterocycles. The minimum Gasteiger partial charge on any atom is -0.314 e. The molecule has 0 aromatic heterocycles. The van der Waals surface area contributed by atoms with Gasteiger partial charge in [-0.1, -0.05) is 20.8 Å². The van der Waals surface area contributed by atoms with Gasteiger partial charge in [0.2, 0.25) is 0 Å². The lowest BCUT2D eigenvalue weighted by molar-refractivity contribution is 0.0433. The Hall–Kier alpha value is -0.960. The lowest BCUT2D eigenvalue weighted by atomic mass is 9.54. The normalized spacial score (nSPS) is 31.2. The molecule has 0 aliphatic heterocycles. The Bertz CT molecular complexity index is 433. The number of hydrogen-bond acceptors (Lipinski definition) is 1. The molecule has 1 nitrogen and oxygen atoms in total. The minimum absolute atomic E-state index is 0.0185. The molecule has 0 spiro atoms. The van der Waals surface area contributed by atoms with Crippen molar-refractivity contribution in [2.45, 2.75) is 45.6 Å².